The SMILES string of the molecule is COc1cc2ccnc(Nc3ccc(F)c(Cl)c3)c2cc1NC(=O)CCCN1CCN(C)CC1. The van der Waals surface area contributed by atoms with E-state index in [-0.39, 0.29) is 10.9 Å². The number of piperazine rings is 1. The van der Waals surface area contributed by atoms with Crippen LogP contribution in [0.1, 0.15) is 12.8 Å². The van der Waals surface area contributed by atoms with Crippen LogP contribution in [0, 0.1) is 5.82 Å². The lowest BCUT2D eigenvalue weighted by atomic mass is 10.1. The number of nitrogens with one attached hydrogen (secondary N) is 2. The van der Waals surface area contributed by atoms with E-state index in [2.05, 4.69) is 32.5 Å². The molecule has 2 heterocycles. The van der Waals surface area contributed by atoms with Crippen LogP contribution in [0.4, 0.5) is 21.6 Å². The van der Waals surface area contributed by atoms with Crippen LogP contribution < -0.4 is 15.4 Å². The Balaban J connectivity index is 1.47. The number of benzene rings is 2. The van der Waals surface area contributed by atoms with E-state index in [9.17, 15) is 9.18 Å². The molecule has 2 N–H and O–H groups in total. The highest BCUT2D eigenvalue weighted by Crippen LogP contribution is 2.34. The number of hydrogen-bond acceptors (Lipinski definition) is 6. The number of ether oxygens (including phenoxy) is 1. The summed E-state index contributed by atoms with van der Waals surface area (Å²) in [5.74, 6) is 0.589. The van der Waals surface area contributed by atoms with E-state index in [0.29, 0.717) is 29.4 Å². The fourth-order valence-electron chi connectivity index (χ4n) is 4.02. The lowest BCUT2D eigenvalue weighted by molar-refractivity contribution is -0.116. The van der Waals surface area contributed by atoms with Crippen LogP contribution in [0.3, 0.4) is 0 Å². The van der Waals surface area contributed by atoms with Gasteiger partial charge in [0.1, 0.15) is 17.4 Å². The summed E-state index contributed by atoms with van der Waals surface area (Å²) < 4.78 is 19.0. The fourth-order valence-corrected chi connectivity index (χ4v) is 4.20. The topological polar surface area (TPSA) is 69.7 Å². The van der Waals surface area contributed by atoms with Crippen LogP contribution in [0.2, 0.25) is 5.02 Å². The molecule has 0 saturated carbocycles. The molecule has 3 aromatic rings. The van der Waals surface area contributed by atoms with Crippen molar-refractivity contribution in [2.75, 3.05) is 57.5 Å². The number of rotatable bonds is 8. The average Bonchev–Trinajstić information content (AvgIpc) is 2.82. The van der Waals surface area contributed by atoms with Gasteiger partial charge >= 0.3 is 0 Å². The second kappa shape index (κ2) is 11.0. The summed E-state index contributed by atoms with van der Waals surface area (Å²) in [7, 11) is 3.71. The predicted octanol–water partition coefficient (Wildman–Crippen LogP) is 4.75. The van der Waals surface area contributed by atoms with Crippen molar-refractivity contribution in [1.29, 1.82) is 0 Å². The number of fused-ring (bicyclic) bond motifs is 1. The third kappa shape index (κ3) is 5.94. The van der Waals surface area contributed by atoms with Crippen LogP contribution in [0.15, 0.2) is 42.6 Å². The zero-order valence-corrected chi connectivity index (χ0v) is 20.2. The Morgan fingerprint density at radius 2 is 1.97 bits per heavy atom. The molecule has 1 aromatic heterocycles. The van der Waals surface area contributed by atoms with Gasteiger partial charge in [0, 0.05) is 49.9 Å². The highest BCUT2D eigenvalue weighted by atomic mass is 35.5. The number of carbonyl (C=O) groups excluding carboxylic acids is 1. The first-order valence-corrected chi connectivity index (χ1v) is 11.7. The van der Waals surface area contributed by atoms with Crippen molar-refractivity contribution >= 4 is 45.5 Å². The number of amides is 1. The molecule has 9 heteroatoms. The highest BCUT2D eigenvalue weighted by Gasteiger charge is 2.15. The van der Waals surface area contributed by atoms with Gasteiger partial charge in [0.2, 0.25) is 5.91 Å². The molecule has 0 bridgehead atoms. The lowest BCUT2D eigenvalue weighted by Crippen LogP contribution is -2.44. The van der Waals surface area contributed by atoms with Gasteiger partial charge in [-0.3, -0.25) is 4.79 Å². The van der Waals surface area contributed by atoms with Crippen LogP contribution >= 0.6 is 11.6 Å². The van der Waals surface area contributed by atoms with E-state index in [1.165, 1.54) is 12.1 Å². The number of methoxy groups -OCH3 is 1. The van der Waals surface area contributed by atoms with Gasteiger partial charge in [-0.15, -0.1) is 0 Å². The molecule has 1 aliphatic rings. The van der Waals surface area contributed by atoms with Gasteiger partial charge in [0.25, 0.3) is 0 Å². The Morgan fingerprint density at radius 3 is 2.71 bits per heavy atom. The lowest BCUT2D eigenvalue weighted by Gasteiger charge is -2.32. The van der Waals surface area contributed by atoms with E-state index in [1.807, 2.05) is 18.2 Å². The molecule has 4 rings (SSSR count). The van der Waals surface area contributed by atoms with Crippen molar-refractivity contribution < 1.29 is 13.9 Å². The first-order valence-electron chi connectivity index (χ1n) is 11.3. The summed E-state index contributed by atoms with van der Waals surface area (Å²) in [6.07, 6.45) is 2.90. The summed E-state index contributed by atoms with van der Waals surface area (Å²) in [4.78, 5) is 21.8. The second-order valence-corrected chi connectivity index (χ2v) is 8.89. The third-order valence-electron chi connectivity index (χ3n) is 6.02. The summed E-state index contributed by atoms with van der Waals surface area (Å²) in [5, 5.41) is 7.87. The number of aromatic nitrogens is 1. The van der Waals surface area contributed by atoms with Crippen molar-refractivity contribution in [3.8, 4) is 5.75 Å². The molecule has 1 amide bonds. The number of halogens is 2. The molecule has 7 nitrogen and oxygen atoms in total. The van der Waals surface area contributed by atoms with Gasteiger partial charge < -0.3 is 25.2 Å². The zero-order valence-electron chi connectivity index (χ0n) is 19.4. The van der Waals surface area contributed by atoms with Gasteiger partial charge in [-0.1, -0.05) is 11.6 Å². The first kappa shape index (κ1) is 24.2. The molecule has 1 aliphatic heterocycles. The maximum Gasteiger partial charge on any atom is 0.224 e. The Bertz CT molecular complexity index is 1170. The average molecular weight is 486 g/mol. The normalized spacial score (nSPS) is 14.8. The summed E-state index contributed by atoms with van der Waals surface area (Å²) in [6, 6.07) is 9.96. The minimum atomic E-state index is -0.486. The smallest absolute Gasteiger partial charge is 0.224 e. The van der Waals surface area contributed by atoms with Crippen molar-refractivity contribution in [2.24, 2.45) is 0 Å². The molecule has 1 saturated heterocycles. The number of nitrogens with zero attached hydrogens (tertiary/aromatic N) is 3. The van der Waals surface area contributed by atoms with Crippen LogP contribution in [-0.4, -0.2) is 67.6 Å². The van der Waals surface area contributed by atoms with Gasteiger partial charge in [-0.2, -0.15) is 0 Å². The largest absolute Gasteiger partial charge is 0.495 e. The van der Waals surface area contributed by atoms with Crippen molar-refractivity contribution in [1.82, 2.24) is 14.8 Å². The summed E-state index contributed by atoms with van der Waals surface area (Å²) in [6.45, 7) is 5.12. The maximum atomic E-state index is 13.5. The standard InChI is InChI=1S/C25H29ClFN5O2/c1-31-10-12-32(13-11-31)9-3-4-24(33)30-22-16-19-17(14-23(22)34-2)7-8-28-25(19)29-18-5-6-21(27)20(26)15-18/h5-8,14-16H,3-4,9-13H2,1-2H3,(H,28,29)(H,30,33). The van der Waals surface area contributed by atoms with Crippen molar-refractivity contribution in [2.45, 2.75) is 12.8 Å². The van der Waals surface area contributed by atoms with Gasteiger partial charge in [0.05, 0.1) is 17.8 Å². The Labute approximate surface area is 203 Å². The molecule has 34 heavy (non-hydrogen) atoms. The van der Waals surface area contributed by atoms with Crippen molar-refractivity contribution in [3.05, 3.63) is 53.4 Å². The third-order valence-corrected chi connectivity index (χ3v) is 6.30. The quantitative estimate of drug-likeness (QED) is 0.480. The van der Waals surface area contributed by atoms with Crippen molar-refractivity contribution in [3.63, 3.8) is 0 Å². The van der Waals surface area contributed by atoms with E-state index < -0.39 is 5.82 Å². The number of hydrogen-bond donors (Lipinski definition) is 2. The van der Waals surface area contributed by atoms with E-state index >= 15 is 0 Å². The van der Waals surface area contributed by atoms with E-state index in [0.717, 1.165) is 49.9 Å². The minimum Gasteiger partial charge on any atom is -0.495 e. The van der Waals surface area contributed by atoms with Gasteiger partial charge in [0.15, 0.2) is 0 Å². The van der Waals surface area contributed by atoms with Crippen LogP contribution in [-0.2, 0) is 4.79 Å². The molecule has 0 aliphatic carbocycles. The monoisotopic (exact) mass is 485 g/mol. The molecular weight excluding hydrogens is 457 g/mol. The molecule has 0 atom stereocenters. The molecule has 0 unspecified atom stereocenters. The Morgan fingerprint density at radius 1 is 1.18 bits per heavy atom. The van der Waals surface area contributed by atoms with Gasteiger partial charge in [-0.25, -0.2) is 9.37 Å². The van der Waals surface area contributed by atoms with E-state index in [1.54, 1.807) is 19.4 Å². The second-order valence-electron chi connectivity index (χ2n) is 8.48. The predicted molar refractivity (Wildman–Crippen MR) is 135 cm³/mol. The maximum absolute atomic E-state index is 13.5. The van der Waals surface area contributed by atoms with Crippen LogP contribution in [0.5, 0.6) is 5.75 Å². The van der Waals surface area contributed by atoms with E-state index in [4.69, 9.17) is 16.3 Å². The molecule has 2 aromatic carbocycles. The Kier molecular flexibility index (Phi) is 7.82. The minimum absolute atomic E-state index is 0.0245. The first-order chi connectivity index (χ1) is 16.4. The number of anilines is 3. The van der Waals surface area contributed by atoms with Gasteiger partial charge in [-0.05, 0) is 61.8 Å². The summed E-state index contributed by atoms with van der Waals surface area (Å²) >= 11 is 5.91. The molecule has 1 fully saturated rings. The molecule has 0 spiro atoms. The fraction of sp³-hybridized carbons (Fsp3) is 0.360. The number of likely N-dealkylation sites (N-methyl/N-ethyl adjacent to an activating group) is 1. The zero-order chi connectivity index (χ0) is 24.1. The molecule has 0 radical (unpaired) electrons. The Hall–Kier alpha value is -2.94. The number of carbonyl (C=O) groups is 1. The molecular formula is C25H29ClFN5O2. The highest BCUT2D eigenvalue weighted by molar-refractivity contribution is 6.31. The number of pyridine rings is 1. The van der Waals surface area contributed by atoms with Crippen LogP contribution in [0.25, 0.3) is 10.8 Å². The summed E-state index contributed by atoms with van der Waals surface area (Å²) in [5.41, 5.74) is 1.18. The molecule has 180 valence electrons.